The van der Waals surface area contributed by atoms with E-state index in [4.69, 9.17) is 9.47 Å². The van der Waals surface area contributed by atoms with Crippen LogP contribution in [0.25, 0.3) is 0 Å². The van der Waals surface area contributed by atoms with Gasteiger partial charge in [0.05, 0.1) is 26.3 Å². The Balaban J connectivity index is 1.85. The number of nitrogens with zero attached hydrogens (tertiary/aromatic N) is 3. The average Bonchev–Trinajstić information content (AvgIpc) is 2.89. The first kappa shape index (κ1) is 27.8. The van der Waals surface area contributed by atoms with Crippen molar-refractivity contribution in [2.24, 2.45) is 11.8 Å². The zero-order valence-electron chi connectivity index (χ0n) is 22.3. The number of likely N-dealkylation sites (N-methyl/N-ethyl adjacent to an activating group) is 1. The Hall–Kier alpha value is -3.77. The number of aromatic nitrogens is 1. The summed E-state index contributed by atoms with van der Waals surface area (Å²) in [6.07, 6.45) is 1.14. The fourth-order valence-electron chi connectivity index (χ4n) is 3.86. The molecular formula is C28H36N4O5. The van der Waals surface area contributed by atoms with Crippen molar-refractivity contribution in [3.05, 3.63) is 47.7 Å². The van der Waals surface area contributed by atoms with Crippen molar-refractivity contribution in [1.82, 2.24) is 14.8 Å². The van der Waals surface area contributed by atoms with E-state index < -0.39 is 12.1 Å². The summed E-state index contributed by atoms with van der Waals surface area (Å²) in [5.74, 6) is 6.77. The molecule has 9 heteroatoms. The normalized spacial score (nSPS) is 17.9. The van der Waals surface area contributed by atoms with Gasteiger partial charge in [-0.15, -0.1) is 0 Å². The molecule has 0 bridgehead atoms. The number of nitrogens with one attached hydrogen (secondary N) is 1. The molecule has 9 nitrogen and oxygen atoms in total. The van der Waals surface area contributed by atoms with Crippen LogP contribution in [-0.4, -0.2) is 77.8 Å². The molecule has 1 aromatic carbocycles. The number of amides is 3. The highest BCUT2D eigenvalue weighted by Crippen LogP contribution is 2.27. The number of rotatable bonds is 6. The van der Waals surface area contributed by atoms with Crippen molar-refractivity contribution in [3.8, 4) is 23.5 Å². The van der Waals surface area contributed by atoms with E-state index in [1.807, 2.05) is 20.8 Å². The van der Waals surface area contributed by atoms with Gasteiger partial charge in [-0.2, -0.15) is 0 Å². The maximum absolute atomic E-state index is 13.5. The smallest absolute Gasteiger partial charge is 0.321 e. The van der Waals surface area contributed by atoms with Gasteiger partial charge in [-0.05, 0) is 37.3 Å². The molecule has 1 aliphatic rings. The van der Waals surface area contributed by atoms with Crippen molar-refractivity contribution in [3.63, 3.8) is 0 Å². The van der Waals surface area contributed by atoms with Crippen molar-refractivity contribution < 1.29 is 24.2 Å². The van der Waals surface area contributed by atoms with Gasteiger partial charge < -0.3 is 29.7 Å². The lowest BCUT2D eigenvalue weighted by Gasteiger charge is -2.37. The number of methoxy groups -OCH3 is 1. The zero-order chi connectivity index (χ0) is 27.1. The lowest BCUT2D eigenvalue weighted by Crippen LogP contribution is -2.50. The highest BCUT2D eigenvalue weighted by molar-refractivity contribution is 5.97. The lowest BCUT2D eigenvalue weighted by atomic mass is 10.00. The molecule has 2 heterocycles. The Labute approximate surface area is 218 Å². The third-order valence-corrected chi connectivity index (χ3v) is 6.17. The first-order valence-electron chi connectivity index (χ1n) is 12.4. The molecule has 0 saturated heterocycles. The standard InChI is InChI=1S/C28H36N4O5/c1-18(2)7-8-21-13-24-26(29-14-21)37-25(19(3)15-32(27(24)34)20(4)17-33)16-31(5)28(35)30-22-9-11-23(36-6)12-10-22/h9-14,18-20,25,33H,15-17H2,1-6H3,(H,30,35)/t19-,20+,25+/m0/s1. The summed E-state index contributed by atoms with van der Waals surface area (Å²) in [6.45, 7) is 8.16. The Morgan fingerprint density at radius 2 is 2.03 bits per heavy atom. The topological polar surface area (TPSA) is 104 Å². The molecule has 0 saturated carbocycles. The van der Waals surface area contributed by atoms with Crippen molar-refractivity contribution in [1.29, 1.82) is 0 Å². The summed E-state index contributed by atoms with van der Waals surface area (Å²) >= 11 is 0. The maximum atomic E-state index is 13.5. The number of carbonyl (C=O) groups is 2. The highest BCUT2D eigenvalue weighted by atomic mass is 16.5. The van der Waals surface area contributed by atoms with Crippen LogP contribution < -0.4 is 14.8 Å². The molecule has 3 atom stereocenters. The molecular weight excluding hydrogens is 472 g/mol. The highest BCUT2D eigenvalue weighted by Gasteiger charge is 2.34. The fraction of sp³-hybridized carbons (Fsp3) is 0.464. The maximum Gasteiger partial charge on any atom is 0.321 e. The zero-order valence-corrected chi connectivity index (χ0v) is 22.3. The third kappa shape index (κ3) is 7.14. The van der Waals surface area contributed by atoms with E-state index in [9.17, 15) is 14.7 Å². The second-order valence-electron chi connectivity index (χ2n) is 9.66. The van der Waals surface area contributed by atoms with E-state index >= 15 is 0 Å². The molecule has 3 rings (SSSR count). The fourth-order valence-corrected chi connectivity index (χ4v) is 3.86. The molecule has 0 fully saturated rings. The van der Waals surface area contributed by atoms with Crippen molar-refractivity contribution >= 4 is 17.6 Å². The molecule has 0 aliphatic carbocycles. The van der Waals surface area contributed by atoms with Crippen LogP contribution >= 0.6 is 0 Å². The minimum atomic E-state index is -0.452. The van der Waals surface area contributed by atoms with Gasteiger partial charge in [0.2, 0.25) is 5.88 Å². The molecule has 0 spiro atoms. The number of carbonyl (C=O) groups excluding carboxylic acids is 2. The molecule has 2 N–H and O–H groups in total. The number of aliphatic hydroxyl groups is 1. The Morgan fingerprint density at radius 1 is 1.32 bits per heavy atom. The number of aliphatic hydroxyl groups excluding tert-OH is 1. The van der Waals surface area contributed by atoms with Gasteiger partial charge in [0.1, 0.15) is 17.4 Å². The molecule has 37 heavy (non-hydrogen) atoms. The Morgan fingerprint density at radius 3 is 2.65 bits per heavy atom. The van der Waals surface area contributed by atoms with Gasteiger partial charge >= 0.3 is 6.03 Å². The number of hydrogen-bond donors (Lipinski definition) is 2. The number of benzene rings is 1. The van der Waals surface area contributed by atoms with Gasteiger partial charge in [0.15, 0.2) is 0 Å². The van der Waals surface area contributed by atoms with E-state index in [0.717, 1.165) is 0 Å². The summed E-state index contributed by atoms with van der Waals surface area (Å²) < 4.78 is 11.4. The summed E-state index contributed by atoms with van der Waals surface area (Å²) in [4.78, 5) is 34.0. The second kappa shape index (κ2) is 12.5. The van der Waals surface area contributed by atoms with Crippen LogP contribution in [0.15, 0.2) is 36.5 Å². The molecule has 1 aromatic heterocycles. The minimum Gasteiger partial charge on any atom is -0.497 e. The SMILES string of the molecule is COc1ccc(NC(=O)N(C)C[C@H]2Oc3ncc(C#CC(C)C)cc3C(=O)N([C@H](C)CO)C[C@@H]2C)cc1. The van der Waals surface area contributed by atoms with E-state index in [2.05, 4.69) is 22.1 Å². The van der Waals surface area contributed by atoms with Gasteiger partial charge in [-0.25, -0.2) is 9.78 Å². The number of ether oxygens (including phenoxy) is 2. The van der Waals surface area contributed by atoms with Crippen molar-refractivity contribution in [2.45, 2.75) is 39.8 Å². The van der Waals surface area contributed by atoms with Crippen LogP contribution in [0, 0.1) is 23.7 Å². The van der Waals surface area contributed by atoms with E-state index in [-0.39, 0.29) is 48.4 Å². The number of fused-ring (bicyclic) bond motifs is 1. The summed E-state index contributed by atoms with van der Waals surface area (Å²) in [7, 11) is 3.27. The average molecular weight is 509 g/mol. The van der Waals surface area contributed by atoms with Gasteiger partial charge in [0.25, 0.3) is 5.91 Å². The predicted molar refractivity (Wildman–Crippen MR) is 142 cm³/mol. The summed E-state index contributed by atoms with van der Waals surface area (Å²) in [6, 6.07) is 8.05. The summed E-state index contributed by atoms with van der Waals surface area (Å²) in [5.41, 5.74) is 1.54. The molecule has 0 unspecified atom stereocenters. The number of hydrogen-bond acceptors (Lipinski definition) is 6. The largest absolute Gasteiger partial charge is 0.497 e. The summed E-state index contributed by atoms with van der Waals surface area (Å²) in [5, 5.41) is 12.7. The van der Waals surface area contributed by atoms with Gasteiger partial charge in [0, 0.05) is 42.9 Å². The van der Waals surface area contributed by atoms with E-state index in [1.54, 1.807) is 62.5 Å². The first-order valence-corrected chi connectivity index (χ1v) is 12.4. The van der Waals surface area contributed by atoms with Crippen LogP contribution in [0.4, 0.5) is 10.5 Å². The van der Waals surface area contributed by atoms with E-state index in [0.29, 0.717) is 23.5 Å². The van der Waals surface area contributed by atoms with Crippen LogP contribution in [0.3, 0.4) is 0 Å². The molecule has 1 aliphatic heterocycles. The lowest BCUT2D eigenvalue weighted by molar-refractivity contribution is 0.0356. The van der Waals surface area contributed by atoms with Gasteiger partial charge in [-0.1, -0.05) is 32.6 Å². The molecule has 3 amide bonds. The number of pyridine rings is 1. The number of anilines is 1. The molecule has 198 valence electrons. The van der Waals surface area contributed by atoms with Crippen LogP contribution in [0.5, 0.6) is 11.6 Å². The monoisotopic (exact) mass is 508 g/mol. The van der Waals surface area contributed by atoms with Crippen LogP contribution in [0.2, 0.25) is 0 Å². The number of urea groups is 1. The Bertz CT molecular complexity index is 1160. The third-order valence-electron chi connectivity index (χ3n) is 6.17. The quantitative estimate of drug-likeness (QED) is 0.579. The minimum absolute atomic E-state index is 0.149. The predicted octanol–water partition coefficient (Wildman–Crippen LogP) is 3.48. The van der Waals surface area contributed by atoms with Crippen LogP contribution in [0.1, 0.15) is 43.6 Å². The van der Waals surface area contributed by atoms with Gasteiger partial charge in [-0.3, -0.25) is 4.79 Å². The van der Waals surface area contributed by atoms with E-state index in [1.165, 1.54) is 4.90 Å². The second-order valence-corrected chi connectivity index (χ2v) is 9.66. The molecule has 2 aromatic rings. The van der Waals surface area contributed by atoms with Crippen LogP contribution in [-0.2, 0) is 0 Å². The first-order chi connectivity index (χ1) is 17.6. The van der Waals surface area contributed by atoms with Crippen molar-refractivity contribution in [2.75, 3.05) is 39.2 Å². The molecule has 0 radical (unpaired) electrons. The Kier molecular flexibility index (Phi) is 9.36.